The normalized spacial score (nSPS) is 35.7. The third-order valence-electron chi connectivity index (χ3n) is 12.4. The highest BCUT2D eigenvalue weighted by atomic mass is 16.5. The molecule has 0 radical (unpaired) electrons. The maximum Gasteiger partial charge on any atom is 0.0612 e. The quantitative estimate of drug-likeness (QED) is 0.153. The molecule has 4 aliphatic rings. The predicted molar refractivity (Wildman–Crippen MR) is 177 cm³/mol. The van der Waals surface area contributed by atoms with Crippen LogP contribution in [-0.4, -0.2) is 12.7 Å². The molecule has 40 heavy (non-hydrogen) atoms. The zero-order valence-electron chi connectivity index (χ0n) is 28.7. The summed E-state index contributed by atoms with van der Waals surface area (Å²) in [6.45, 7) is 20.3. The number of hydrogen-bond acceptors (Lipinski definition) is 1. The van der Waals surface area contributed by atoms with Gasteiger partial charge in [-0.05, 0) is 104 Å². The summed E-state index contributed by atoms with van der Waals surface area (Å²) in [4.78, 5) is 0. The summed E-state index contributed by atoms with van der Waals surface area (Å²) < 4.78 is 6.47. The lowest BCUT2D eigenvalue weighted by Gasteiger charge is -2.58. The number of unbranched alkanes of at least 4 members (excludes halogenated alkanes) is 6. The number of hydrogen-bond donors (Lipinski definition) is 0. The third kappa shape index (κ3) is 8.41. The van der Waals surface area contributed by atoms with E-state index in [2.05, 4.69) is 61.5 Å². The highest BCUT2D eigenvalue weighted by Crippen LogP contribution is 2.67. The largest absolute Gasteiger partial charge is 0.378 e. The van der Waals surface area contributed by atoms with Crippen molar-refractivity contribution in [1.82, 2.24) is 0 Å². The van der Waals surface area contributed by atoms with Crippen molar-refractivity contribution in [3.8, 4) is 0 Å². The van der Waals surface area contributed by atoms with Gasteiger partial charge in [-0.25, -0.2) is 0 Å². The lowest BCUT2D eigenvalue weighted by atomic mass is 9.47. The molecule has 0 saturated heterocycles. The van der Waals surface area contributed by atoms with Gasteiger partial charge >= 0.3 is 0 Å². The van der Waals surface area contributed by atoms with Gasteiger partial charge in [-0.1, -0.05) is 131 Å². The molecule has 0 aromatic heterocycles. The molecule has 4 rings (SSSR count). The van der Waals surface area contributed by atoms with Crippen molar-refractivity contribution >= 4 is 0 Å². The molecule has 0 aromatic carbocycles. The van der Waals surface area contributed by atoms with Crippen molar-refractivity contribution in [2.75, 3.05) is 6.61 Å². The van der Waals surface area contributed by atoms with Gasteiger partial charge in [0.15, 0.2) is 0 Å². The van der Waals surface area contributed by atoms with Gasteiger partial charge in [0.2, 0.25) is 0 Å². The molecule has 1 heteroatoms. The summed E-state index contributed by atoms with van der Waals surface area (Å²) in [6, 6.07) is 0. The lowest BCUT2D eigenvalue weighted by Crippen LogP contribution is -2.51. The fraction of sp³-hybridized carbons (Fsp3) is 0.949. The zero-order chi connectivity index (χ0) is 29.2. The lowest BCUT2D eigenvalue weighted by molar-refractivity contribution is -0.0641. The molecular formula is C39H72O. The second-order valence-electron chi connectivity index (χ2n) is 15.9. The van der Waals surface area contributed by atoms with Crippen molar-refractivity contribution in [3.63, 3.8) is 0 Å². The summed E-state index contributed by atoms with van der Waals surface area (Å²) in [7, 11) is 0. The molecule has 3 fully saturated rings. The number of fused-ring (bicyclic) bond motifs is 5. The summed E-state index contributed by atoms with van der Waals surface area (Å²) in [5, 5.41) is 0. The Morgan fingerprint density at radius 1 is 0.800 bits per heavy atom. The molecule has 3 saturated carbocycles. The Morgan fingerprint density at radius 3 is 2.20 bits per heavy atom. The number of allylic oxidation sites excluding steroid dienone is 1. The SMILES string of the molecule is CCC.CCCCCCCCCO[C@H]1CCC2(C)C(=CCC3C2CCC2(C)C(C(C)CCCC(C)C)CCC32)C1. The van der Waals surface area contributed by atoms with Crippen molar-refractivity contribution in [2.45, 2.75) is 183 Å². The second kappa shape index (κ2) is 16.5. The maximum absolute atomic E-state index is 6.47. The van der Waals surface area contributed by atoms with Gasteiger partial charge in [0, 0.05) is 6.61 Å². The Balaban J connectivity index is 0.00000141. The van der Waals surface area contributed by atoms with Gasteiger partial charge in [-0.3, -0.25) is 0 Å². The van der Waals surface area contributed by atoms with Crippen LogP contribution < -0.4 is 0 Å². The molecule has 0 spiro atoms. The van der Waals surface area contributed by atoms with Crippen LogP contribution >= 0.6 is 0 Å². The fourth-order valence-corrected chi connectivity index (χ4v) is 10.1. The summed E-state index contributed by atoms with van der Waals surface area (Å²) >= 11 is 0. The van der Waals surface area contributed by atoms with Crippen molar-refractivity contribution in [2.24, 2.45) is 46.3 Å². The monoisotopic (exact) mass is 557 g/mol. The standard InChI is InChI=1S/C36H64O.C3H8/c1-7-8-9-10-11-12-13-25-37-30-21-23-35(5)29(26-30)17-18-31-33-20-19-32(28(4)16-14-15-27(2)3)36(33,6)24-22-34(31)35;1-3-2/h17,27-28,30-34H,7-16,18-26H2,1-6H3;3H2,1-2H3/t28?,30-,31?,32?,33?,34?,35?,36?;/m0./s1. The van der Waals surface area contributed by atoms with E-state index in [4.69, 9.17) is 4.74 Å². The molecule has 8 atom stereocenters. The van der Waals surface area contributed by atoms with Gasteiger partial charge in [-0.2, -0.15) is 0 Å². The molecule has 234 valence electrons. The van der Waals surface area contributed by atoms with E-state index in [-0.39, 0.29) is 0 Å². The van der Waals surface area contributed by atoms with Crippen molar-refractivity contribution < 1.29 is 4.74 Å². The first-order valence-electron chi connectivity index (χ1n) is 18.5. The molecule has 0 N–H and O–H groups in total. The van der Waals surface area contributed by atoms with E-state index < -0.39 is 0 Å². The highest BCUT2D eigenvalue weighted by Gasteiger charge is 2.59. The van der Waals surface area contributed by atoms with Crippen LogP contribution in [0.2, 0.25) is 0 Å². The summed E-state index contributed by atoms with van der Waals surface area (Å²) in [6.07, 6.45) is 29.7. The fourth-order valence-electron chi connectivity index (χ4n) is 10.1. The van der Waals surface area contributed by atoms with E-state index >= 15 is 0 Å². The Morgan fingerprint density at radius 2 is 1.50 bits per heavy atom. The van der Waals surface area contributed by atoms with E-state index in [1.165, 1.54) is 122 Å². The second-order valence-corrected chi connectivity index (χ2v) is 15.9. The van der Waals surface area contributed by atoms with Crippen LogP contribution in [-0.2, 0) is 4.74 Å². The van der Waals surface area contributed by atoms with Crippen LogP contribution in [0.3, 0.4) is 0 Å². The molecular weight excluding hydrogens is 484 g/mol. The Labute approximate surface area is 252 Å². The first-order valence-corrected chi connectivity index (χ1v) is 18.5. The van der Waals surface area contributed by atoms with Crippen molar-refractivity contribution in [1.29, 1.82) is 0 Å². The van der Waals surface area contributed by atoms with E-state index in [1.54, 1.807) is 5.57 Å². The Kier molecular flexibility index (Phi) is 14.1. The first kappa shape index (κ1) is 34.2. The smallest absolute Gasteiger partial charge is 0.0612 e. The Hall–Kier alpha value is -0.300. The Bertz CT molecular complexity index is 737. The molecule has 0 bridgehead atoms. The average molecular weight is 557 g/mol. The highest BCUT2D eigenvalue weighted by molar-refractivity contribution is 5.25. The van der Waals surface area contributed by atoms with Crippen LogP contribution in [0.25, 0.3) is 0 Å². The van der Waals surface area contributed by atoms with Crippen LogP contribution in [0.5, 0.6) is 0 Å². The van der Waals surface area contributed by atoms with Crippen LogP contribution in [0, 0.1) is 46.3 Å². The number of rotatable bonds is 14. The van der Waals surface area contributed by atoms with Crippen LogP contribution in [0.4, 0.5) is 0 Å². The first-order chi connectivity index (χ1) is 19.2. The average Bonchev–Trinajstić information content (AvgIpc) is 3.28. The molecule has 0 aliphatic heterocycles. The van der Waals surface area contributed by atoms with Gasteiger partial charge in [0.05, 0.1) is 6.10 Å². The maximum atomic E-state index is 6.47. The van der Waals surface area contributed by atoms with Crippen LogP contribution in [0.15, 0.2) is 11.6 Å². The molecule has 0 amide bonds. The van der Waals surface area contributed by atoms with Gasteiger partial charge < -0.3 is 4.74 Å². The van der Waals surface area contributed by atoms with Crippen molar-refractivity contribution in [3.05, 3.63) is 11.6 Å². The van der Waals surface area contributed by atoms with E-state index in [1.807, 2.05) is 0 Å². The zero-order valence-corrected chi connectivity index (χ0v) is 28.7. The topological polar surface area (TPSA) is 9.23 Å². The summed E-state index contributed by atoms with van der Waals surface area (Å²) in [5.41, 5.74) is 2.87. The van der Waals surface area contributed by atoms with Gasteiger partial charge in [0.25, 0.3) is 0 Å². The molecule has 0 heterocycles. The summed E-state index contributed by atoms with van der Waals surface area (Å²) in [5.74, 6) is 5.61. The molecule has 0 aromatic rings. The predicted octanol–water partition coefficient (Wildman–Crippen LogP) is 12.6. The molecule has 1 nitrogen and oxygen atoms in total. The minimum Gasteiger partial charge on any atom is -0.378 e. The molecule has 4 aliphatic carbocycles. The van der Waals surface area contributed by atoms with E-state index in [9.17, 15) is 0 Å². The van der Waals surface area contributed by atoms with Gasteiger partial charge in [-0.15, -0.1) is 0 Å². The van der Waals surface area contributed by atoms with Crippen LogP contribution in [0.1, 0.15) is 177 Å². The number of ether oxygens (including phenoxy) is 1. The third-order valence-corrected chi connectivity index (χ3v) is 12.4. The van der Waals surface area contributed by atoms with Gasteiger partial charge in [0.1, 0.15) is 0 Å². The minimum absolute atomic E-state index is 0.463. The van der Waals surface area contributed by atoms with E-state index in [0.717, 1.165) is 42.1 Å². The minimum atomic E-state index is 0.463. The van der Waals surface area contributed by atoms with E-state index in [0.29, 0.717) is 16.9 Å². The molecule has 7 unspecified atom stereocenters.